The maximum absolute atomic E-state index is 11.5. The molecule has 122 valence electrons. The Morgan fingerprint density at radius 1 is 1.36 bits per heavy atom. The maximum atomic E-state index is 11.5. The minimum atomic E-state index is -0.736. The first-order valence-electron chi connectivity index (χ1n) is 7.60. The van der Waals surface area contributed by atoms with Gasteiger partial charge in [0.2, 0.25) is 11.8 Å². The van der Waals surface area contributed by atoms with Crippen LogP contribution in [0.5, 0.6) is 5.88 Å². The van der Waals surface area contributed by atoms with Gasteiger partial charge in [-0.15, -0.1) is 0 Å². The lowest BCUT2D eigenvalue weighted by atomic mass is 10.0. The number of carboxylic acids is 1. The fourth-order valence-electron chi connectivity index (χ4n) is 2.68. The average molecular weight is 308 g/mol. The fourth-order valence-corrected chi connectivity index (χ4v) is 2.68. The lowest BCUT2D eigenvalue weighted by Gasteiger charge is -2.38. The number of aromatic nitrogens is 2. The van der Waals surface area contributed by atoms with Gasteiger partial charge in [-0.25, -0.2) is 4.98 Å². The standard InChI is InChI=1S/C15H24N4O3/c1-11(2)10-12(14(20)21)18-6-8-19(9-7-18)15-16-5-4-13(17-15)22-3/h4-5,11-12H,6-10H2,1-3H3,(H,20,21). The minimum absolute atomic E-state index is 0.362. The van der Waals surface area contributed by atoms with Crippen molar-refractivity contribution in [1.82, 2.24) is 14.9 Å². The molecule has 1 saturated heterocycles. The number of carbonyl (C=O) groups is 1. The summed E-state index contributed by atoms with van der Waals surface area (Å²) < 4.78 is 5.11. The molecule has 1 aromatic rings. The van der Waals surface area contributed by atoms with E-state index in [1.807, 2.05) is 4.90 Å². The van der Waals surface area contributed by atoms with Crippen LogP contribution in [0.15, 0.2) is 12.3 Å². The van der Waals surface area contributed by atoms with Crippen LogP contribution in [0.2, 0.25) is 0 Å². The van der Waals surface area contributed by atoms with Gasteiger partial charge >= 0.3 is 5.97 Å². The van der Waals surface area contributed by atoms with Crippen LogP contribution in [0.1, 0.15) is 20.3 Å². The van der Waals surface area contributed by atoms with Gasteiger partial charge in [-0.2, -0.15) is 4.98 Å². The molecule has 1 fully saturated rings. The molecule has 2 heterocycles. The molecule has 1 atom stereocenters. The van der Waals surface area contributed by atoms with E-state index < -0.39 is 12.0 Å². The largest absolute Gasteiger partial charge is 0.481 e. The molecule has 0 amide bonds. The van der Waals surface area contributed by atoms with Crippen LogP contribution in [0, 0.1) is 5.92 Å². The van der Waals surface area contributed by atoms with Gasteiger partial charge in [-0.3, -0.25) is 9.69 Å². The predicted molar refractivity (Wildman–Crippen MR) is 83.2 cm³/mol. The van der Waals surface area contributed by atoms with Crippen molar-refractivity contribution in [3.63, 3.8) is 0 Å². The summed E-state index contributed by atoms with van der Waals surface area (Å²) in [4.78, 5) is 24.2. The summed E-state index contributed by atoms with van der Waals surface area (Å²) in [6, 6.07) is 1.30. The van der Waals surface area contributed by atoms with Crippen molar-refractivity contribution >= 4 is 11.9 Å². The number of hydrogen-bond acceptors (Lipinski definition) is 6. The smallest absolute Gasteiger partial charge is 0.320 e. The third kappa shape index (κ3) is 4.07. The van der Waals surface area contributed by atoms with E-state index in [9.17, 15) is 9.90 Å². The highest BCUT2D eigenvalue weighted by Gasteiger charge is 2.30. The van der Waals surface area contributed by atoms with Crippen LogP contribution in [0.3, 0.4) is 0 Å². The summed E-state index contributed by atoms with van der Waals surface area (Å²) >= 11 is 0. The number of aliphatic carboxylic acids is 1. The molecule has 0 aromatic carbocycles. The molecule has 0 aliphatic carbocycles. The Bertz CT molecular complexity index is 501. The predicted octanol–water partition coefficient (Wildman–Crippen LogP) is 1.11. The first-order valence-corrected chi connectivity index (χ1v) is 7.60. The third-order valence-electron chi connectivity index (χ3n) is 3.84. The van der Waals surface area contributed by atoms with E-state index in [-0.39, 0.29) is 0 Å². The van der Waals surface area contributed by atoms with Gasteiger partial charge in [-0.05, 0) is 12.3 Å². The monoisotopic (exact) mass is 308 g/mol. The van der Waals surface area contributed by atoms with Gasteiger partial charge in [0, 0.05) is 38.4 Å². The number of rotatable bonds is 6. The van der Waals surface area contributed by atoms with Crippen molar-refractivity contribution in [2.24, 2.45) is 5.92 Å². The maximum Gasteiger partial charge on any atom is 0.320 e. The van der Waals surface area contributed by atoms with Crippen molar-refractivity contribution < 1.29 is 14.6 Å². The third-order valence-corrected chi connectivity index (χ3v) is 3.84. The van der Waals surface area contributed by atoms with Gasteiger partial charge < -0.3 is 14.7 Å². The van der Waals surface area contributed by atoms with Gasteiger partial charge in [0.05, 0.1) is 7.11 Å². The summed E-state index contributed by atoms with van der Waals surface area (Å²) in [5.41, 5.74) is 0. The molecule has 7 nitrogen and oxygen atoms in total. The van der Waals surface area contributed by atoms with Crippen LogP contribution < -0.4 is 9.64 Å². The lowest BCUT2D eigenvalue weighted by Crippen LogP contribution is -2.53. The Kier molecular flexibility index (Phi) is 5.54. The van der Waals surface area contributed by atoms with Gasteiger partial charge in [0.15, 0.2) is 0 Å². The van der Waals surface area contributed by atoms with Crippen LogP contribution in [0.4, 0.5) is 5.95 Å². The molecule has 7 heteroatoms. The van der Waals surface area contributed by atoms with Crippen molar-refractivity contribution in [3.05, 3.63) is 12.3 Å². The number of ether oxygens (including phenoxy) is 1. The van der Waals surface area contributed by atoms with E-state index in [0.717, 1.165) is 13.1 Å². The molecular formula is C15H24N4O3. The van der Waals surface area contributed by atoms with Crippen molar-refractivity contribution in [2.75, 3.05) is 38.2 Å². The molecule has 1 unspecified atom stereocenters. The van der Waals surface area contributed by atoms with E-state index in [1.54, 1.807) is 19.4 Å². The lowest BCUT2D eigenvalue weighted by molar-refractivity contribution is -0.144. The van der Waals surface area contributed by atoms with Crippen LogP contribution in [0.25, 0.3) is 0 Å². The number of anilines is 1. The van der Waals surface area contributed by atoms with Gasteiger partial charge in [-0.1, -0.05) is 13.8 Å². The highest BCUT2D eigenvalue weighted by molar-refractivity contribution is 5.73. The molecule has 0 saturated carbocycles. The second-order valence-corrected chi connectivity index (χ2v) is 5.91. The Morgan fingerprint density at radius 3 is 2.59 bits per heavy atom. The number of carboxylic acid groups (broad SMARTS) is 1. The van der Waals surface area contributed by atoms with Gasteiger partial charge in [0.1, 0.15) is 6.04 Å². The number of hydrogen-bond donors (Lipinski definition) is 1. The summed E-state index contributed by atoms with van der Waals surface area (Å²) in [5.74, 6) is 0.797. The zero-order valence-corrected chi connectivity index (χ0v) is 13.4. The van der Waals surface area contributed by atoms with Crippen LogP contribution >= 0.6 is 0 Å². The first-order chi connectivity index (χ1) is 10.5. The zero-order valence-electron chi connectivity index (χ0n) is 13.4. The molecule has 2 rings (SSSR count). The summed E-state index contributed by atoms with van der Waals surface area (Å²) in [6.07, 6.45) is 2.34. The quantitative estimate of drug-likeness (QED) is 0.843. The van der Waals surface area contributed by atoms with Crippen LogP contribution in [-0.2, 0) is 4.79 Å². The Hall–Kier alpha value is -1.89. The topological polar surface area (TPSA) is 78.8 Å². The average Bonchev–Trinajstić information content (AvgIpc) is 2.52. The van der Waals surface area contributed by atoms with E-state index in [4.69, 9.17) is 4.74 Å². The Balaban J connectivity index is 1.98. The summed E-state index contributed by atoms with van der Waals surface area (Å²) in [7, 11) is 1.58. The second kappa shape index (κ2) is 7.40. The van der Waals surface area contributed by atoms with E-state index in [0.29, 0.717) is 37.3 Å². The number of methoxy groups -OCH3 is 1. The molecule has 1 N–H and O–H groups in total. The highest BCUT2D eigenvalue weighted by Crippen LogP contribution is 2.18. The molecule has 1 aromatic heterocycles. The molecule has 1 aliphatic rings. The number of piperazine rings is 1. The fraction of sp³-hybridized carbons (Fsp3) is 0.667. The highest BCUT2D eigenvalue weighted by atomic mass is 16.5. The molecule has 1 aliphatic heterocycles. The van der Waals surface area contributed by atoms with E-state index in [1.165, 1.54) is 0 Å². The van der Waals surface area contributed by atoms with E-state index >= 15 is 0 Å². The normalized spacial score (nSPS) is 17.5. The molecule has 22 heavy (non-hydrogen) atoms. The molecule has 0 spiro atoms. The molecule has 0 bridgehead atoms. The van der Waals surface area contributed by atoms with Crippen molar-refractivity contribution in [1.29, 1.82) is 0 Å². The first kappa shape index (κ1) is 16.5. The van der Waals surface area contributed by atoms with Crippen molar-refractivity contribution in [2.45, 2.75) is 26.3 Å². The van der Waals surface area contributed by atoms with Crippen molar-refractivity contribution in [3.8, 4) is 5.88 Å². The van der Waals surface area contributed by atoms with E-state index in [2.05, 4.69) is 28.7 Å². The van der Waals surface area contributed by atoms with Crippen LogP contribution in [-0.4, -0.2) is 65.3 Å². The summed E-state index contributed by atoms with van der Waals surface area (Å²) in [5, 5.41) is 9.43. The SMILES string of the molecule is COc1ccnc(N2CCN(C(CC(C)C)C(=O)O)CC2)n1. The zero-order chi connectivity index (χ0) is 16.1. The number of nitrogens with zero attached hydrogens (tertiary/aromatic N) is 4. The molecular weight excluding hydrogens is 284 g/mol. The Morgan fingerprint density at radius 2 is 2.05 bits per heavy atom. The minimum Gasteiger partial charge on any atom is -0.481 e. The second-order valence-electron chi connectivity index (χ2n) is 5.91. The van der Waals surface area contributed by atoms with Gasteiger partial charge in [0.25, 0.3) is 0 Å². The molecule has 0 radical (unpaired) electrons. The summed E-state index contributed by atoms with van der Waals surface area (Å²) in [6.45, 7) is 6.94. The Labute approximate surface area is 130 Å².